The van der Waals surface area contributed by atoms with Crippen LogP contribution in [-0.2, 0) is 16.0 Å². The smallest absolute Gasteiger partial charge is 0.328 e. The summed E-state index contributed by atoms with van der Waals surface area (Å²) in [5.41, 5.74) is 0. The van der Waals surface area contributed by atoms with Crippen molar-refractivity contribution in [1.29, 1.82) is 0 Å². The van der Waals surface area contributed by atoms with E-state index >= 15 is 0 Å². The molecular weight excluding hydrogens is 260 g/mol. The molecule has 1 amide bonds. The van der Waals surface area contributed by atoms with Gasteiger partial charge in [0.2, 0.25) is 5.82 Å². The second-order valence-electron chi connectivity index (χ2n) is 4.76. The SMILES string of the molecule is CCCc1nc(C(=O)N2CCCC2C(=O)OCC)n[nH]1. The van der Waals surface area contributed by atoms with E-state index in [0.29, 0.717) is 25.4 Å². The van der Waals surface area contributed by atoms with E-state index < -0.39 is 6.04 Å². The number of amides is 1. The first-order valence-electron chi connectivity index (χ1n) is 7.06. The molecule has 20 heavy (non-hydrogen) atoms. The summed E-state index contributed by atoms with van der Waals surface area (Å²) in [4.78, 5) is 29.9. The van der Waals surface area contributed by atoms with Gasteiger partial charge in [-0.15, -0.1) is 5.10 Å². The highest BCUT2D eigenvalue weighted by atomic mass is 16.5. The molecule has 1 aliphatic rings. The maximum atomic E-state index is 12.4. The first kappa shape index (κ1) is 14.5. The maximum Gasteiger partial charge on any atom is 0.328 e. The van der Waals surface area contributed by atoms with Gasteiger partial charge in [-0.3, -0.25) is 9.89 Å². The monoisotopic (exact) mass is 280 g/mol. The molecule has 1 aliphatic heterocycles. The van der Waals surface area contributed by atoms with Crippen LogP contribution in [0, 0.1) is 0 Å². The zero-order chi connectivity index (χ0) is 14.5. The van der Waals surface area contributed by atoms with E-state index in [1.807, 2.05) is 6.92 Å². The number of likely N-dealkylation sites (tertiary alicyclic amines) is 1. The number of rotatable bonds is 5. The molecule has 2 rings (SSSR count). The van der Waals surface area contributed by atoms with Gasteiger partial charge in [0.05, 0.1) is 6.61 Å². The molecule has 0 aromatic carbocycles. The fourth-order valence-corrected chi connectivity index (χ4v) is 2.36. The van der Waals surface area contributed by atoms with Gasteiger partial charge in [0, 0.05) is 13.0 Å². The second-order valence-corrected chi connectivity index (χ2v) is 4.76. The van der Waals surface area contributed by atoms with Gasteiger partial charge in [0.1, 0.15) is 11.9 Å². The molecule has 0 spiro atoms. The third-order valence-electron chi connectivity index (χ3n) is 3.28. The van der Waals surface area contributed by atoms with Crippen molar-refractivity contribution in [1.82, 2.24) is 20.1 Å². The minimum absolute atomic E-state index is 0.129. The van der Waals surface area contributed by atoms with Crippen LogP contribution in [-0.4, -0.2) is 51.2 Å². The molecule has 1 N–H and O–H groups in total. The number of ether oxygens (including phenoxy) is 1. The fourth-order valence-electron chi connectivity index (χ4n) is 2.36. The molecule has 1 fully saturated rings. The van der Waals surface area contributed by atoms with Crippen LogP contribution in [0.25, 0.3) is 0 Å². The quantitative estimate of drug-likeness (QED) is 0.810. The van der Waals surface area contributed by atoms with Crippen molar-refractivity contribution in [3.05, 3.63) is 11.6 Å². The molecule has 1 saturated heterocycles. The molecular formula is C13H20N4O3. The van der Waals surface area contributed by atoms with Crippen molar-refractivity contribution in [3.8, 4) is 0 Å². The van der Waals surface area contributed by atoms with Crippen LogP contribution in [0.15, 0.2) is 0 Å². The van der Waals surface area contributed by atoms with Crippen molar-refractivity contribution in [2.75, 3.05) is 13.2 Å². The zero-order valence-electron chi connectivity index (χ0n) is 11.9. The van der Waals surface area contributed by atoms with Gasteiger partial charge >= 0.3 is 5.97 Å². The van der Waals surface area contributed by atoms with Crippen LogP contribution >= 0.6 is 0 Å². The molecule has 1 unspecified atom stereocenters. The first-order valence-corrected chi connectivity index (χ1v) is 7.06. The van der Waals surface area contributed by atoms with Crippen LogP contribution in [0.4, 0.5) is 0 Å². The van der Waals surface area contributed by atoms with E-state index in [4.69, 9.17) is 4.74 Å². The van der Waals surface area contributed by atoms with Crippen molar-refractivity contribution < 1.29 is 14.3 Å². The van der Waals surface area contributed by atoms with Gasteiger partial charge in [0.25, 0.3) is 5.91 Å². The second kappa shape index (κ2) is 6.49. The Balaban J connectivity index is 2.08. The highest BCUT2D eigenvalue weighted by Gasteiger charge is 2.36. The number of nitrogens with one attached hydrogen (secondary N) is 1. The summed E-state index contributed by atoms with van der Waals surface area (Å²) < 4.78 is 5.00. The van der Waals surface area contributed by atoms with E-state index in [-0.39, 0.29) is 17.7 Å². The Morgan fingerprint density at radius 1 is 1.45 bits per heavy atom. The van der Waals surface area contributed by atoms with E-state index in [2.05, 4.69) is 15.2 Å². The molecule has 1 atom stereocenters. The number of H-pyrrole nitrogens is 1. The lowest BCUT2D eigenvalue weighted by atomic mass is 10.2. The largest absolute Gasteiger partial charge is 0.464 e. The Morgan fingerprint density at radius 2 is 2.25 bits per heavy atom. The third kappa shape index (κ3) is 2.97. The van der Waals surface area contributed by atoms with Crippen molar-refractivity contribution in [2.24, 2.45) is 0 Å². The summed E-state index contributed by atoms with van der Waals surface area (Å²) in [5.74, 6) is 0.175. The predicted molar refractivity (Wildman–Crippen MR) is 71.1 cm³/mol. The van der Waals surface area contributed by atoms with Crippen LogP contribution in [0.3, 0.4) is 0 Å². The summed E-state index contributed by atoms with van der Waals surface area (Å²) in [7, 11) is 0. The standard InChI is InChI=1S/C13H20N4O3/c1-3-6-10-14-11(16-15-10)12(18)17-8-5-7-9(17)13(19)20-4-2/h9H,3-8H2,1-2H3,(H,14,15,16). The Labute approximate surface area is 117 Å². The van der Waals surface area contributed by atoms with Crippen molar-refractivity contribution in [3.63, 3.8) is 0 Å². The van der Waals surface area contributed by atoms with E-state index in [9.17, 15) is 9.59 Å². The van der Waals surface area contributed by atoms with Gasteiger partial charge in [0.15, 0.2) is 0 Å². The molecule has 7 nitrogen and oxygen atoms in total. The number of aromatic amines is 1. The van der Waals surface area contributed by atoms with Crippen molar-refractivity contribution in [2.45, 2.75) is 45.6 Å². The summed E-state index contributed by atoms with van der Waals surface area (Å²) in [6, 6.07) is -0.504. The molecule has 110 valence electrons. The zero-order valence-corrected chi connectivity index (χ0v) is 11.9. The molecule has 1 aromatic heterocycles. The number of carbonyl (C=O) groups is 2. The van der Waals surface area contributed by atoms with E-state index in [0.717, 1.165) is 19.3 Å². The molecule has 0 radical (unpaired) electrons. The summed E-state index contributed by atoms with van der Waals surface area (Å²) in [5, 5.41) is 6.70. The molecule has 0 aliphatic carbocycles. The Kier molecular flexibility index (Phi) is 4.70. The fraction of sp³-hybridized carbons (Fsp3) is 0.692. The lowest BCUT2D eigenvalue weighted by Gasteiger charge is -2.21. The number of nitrogens with zero attached hydrogens (tertiary/aromatic N) is 3. The number of aryl methyl sites for hydroxylation is 1. The Hall–Kier alpha value is -1.92. The maximum absolute atomic E-state index is 12.4. The highest BCUT2D eigenvalue weighted by molar-refractivity contribution is 5.94. The number of hydrogen-bond acceptors (Lipinski definition) is 5. The van der Waals surface area contributed by atoms with Crippen molar-refractivity contribution >= 4 is 11.9 Å². The Morgan fingerprint density at radius 3 is 2.95 bits per heavy atom. The van der Waals surface area contributed by atoms with Gasteiger partial charge in [-0.05, 0) is 26.2 Å². The molecule has 1 aromatic rings. The molecule has 0 saturated carbocycles. The van der Waals surface area contributed by atoms with Crippen LogP contribution in [0.2, 0.25) is 0 Å². The number of aromatic nitrogens is 3. The van der Waals surface area contributed by atoms with Gasteiger partial charge in [-0.2, -0.15) is 0 Å². The Bertz CT molecular complexity index is 486. The molecule has 0 bridgehead atoms. The first-order chi connectivity index (χ1) is 9.67. The summed E-state index contributed by atoms with van der Waals surface area (Å²) >= 11 is 0. The highest BCUT2D eigenvalue weighted by Crippen LogP contribution is 2.20. The molecule has 7 heteroatoms. The number of hydrogen-bond donors (Lipinski definition) is 1. The lowest BCUT2D eigenvalue weighted by molar-refractivity contribution is -0.147. The topological polar surface area (TPSA) is 88.2 Å². The lowest BCUT2D eigenvalue weighted by Crippen LogP contribution is -2.41. The van der Waals surface area contributed by atoms with Gasteiger partial charge < -0.3 is 9.64 Å². The minimum Gasteiger partial charge on any atom is -0.464 e. The minimum atomic E-state index is -0.504. The predicted octanol–water partition coefficient (Wildman–Crippen LogP) is 0.925. The average molecular weight is 280 g/mol. The average Bonchev–Trinajstić information content (AvgIpc) is 3.07. The summed E-state index contributed by atoms with van der Waals surface area (Å²) in [6.07, 6.45) is 3.11. The third-order valence-corrected chi connectivity index (χ3v) is 3.28. The van der Waals surface area contributed by atoms with Crippen LogP contribution in [0.5, 0.6) is 0 Å². The number of carbonyl (C=O) groups excluding carboxylic acids is 2. The van der Waals surface area contributed by atoms with Gasteiger partial charge in [-0.25, -0.2) is 9.78 Å². The van der Waals surface area contributed by atoms with Crippen LogP contribution < -0.4 is 0 Å². The summed E-state index contributed by atoms with van der Waals surface area (Å²) in [6.45, 7) is 4.64. The van der Waals surface area contributed by atoms with E-state index in [1.165, 1.54) is 4.90 Å². The van der Waals surface area contributed by atoms with Gasteiger partial charge in [-0.1, -0.05) is 6.92 Å². The number of esters is 1. The van der Waals surface area contributed by atoms with E-state index in [1.54, 1.807) is 6.92 Å². The van der Waals surface area contributed by atoms with Crippen LogP contribution in [0.1, 0.15) is 49.6 Å². The normalized spacial score (nSPS) is 18.3. The molecule has 2 heterocycles.